The monoisotopic (exact) mass is 367 g/mol. The van der Waals surface area contributed by atoms with Crippen molar-refractivity contribution in [2.75, 3.05) is 33.3 Å². The lowest BCUT2D eigenvalue weighted by Gasteiger charge is -2.36. The van der Waals surface area contributed by atoms with E-state index in [1.165, 1.54) is 5.56 Å². The molecule has 0 bridgehead atoms. The summed E-state index contributed by atoms with van der Waals surface area (Å²) in [4.78, 5) is 17.1. The van der Waals surface area contributed by atoms with Crippen LogP contribution in [0.5, 0.6) is 5.75 Å². The van der Waals surface area contributed by atoms with Gasteiger partial charge in [0.25, 0.3) is 0 Å². The minimum atomic E-state index is -0.187. The van der Waals surface area contributed by atoms with Crippen LogP contribution in [0.4, 0.5) is 0 Å². The van der Waals surface area contributed by atoms with Crippen LogP contribution in [0.2, 0.25) is 0 Å². The summed E-state index contributed by atoms with van der Waals surface area (Å²) in [5.74, 6) is 1.03. The van der Waals surface area contributed by atoms with Crippen molar-refractivity contribution in [3.05, 3.63) is 65.7 Å². The Labute approximate surface area is 161 Å². The van der Waals surface area contributed by atoms with Gasteiger partial charge in [-0.15, -0.1) is 0 Å². The normalized spacial score (nSPS) is 16.1. The zero-order valence-corrected chi connectivity index (χ0v) is 16.2. The lowest BCUT2D eigenvalue weighted by atomic mass is 10.1. The summed E-state index contributed by atoms with van der Waals surface area (Å²) >= 11 is 0. The van der Waals surface area contributed by atoms with Gasteiger partial charge in [0.05, 0.1) is 13.2 Å². The number of hydrogen-bond acceptors (Lipinski definition) is 4. The SMILES string of the molecule is COc1ccc(CNC(C)C(=O)N2CCN(Cc3ccccc3)CC2)cc1. The molecule has 1 fully saturated rings. The second kappa shape index (κ2) is 9.53. The highest BCUT2D eigenvalue weighted by molar-refractivity contribution is 5.81. The third-order valence-corrected chi connectivity index (χ3v) is 5.07. The summed E-state index contributed by atoms with van der Waals surface area (Å²) in [6, 6.07) is 18.2. The molecule has 0 radical (unpaired) electrons. The third-order valence-electron chi connectivity index (χ3n) is 5.07. The van der Waals surface area contributed by atoms with E-state index in [1.807, 2.05) is 42.2 Å². The second-order valence-electron chi connectivity index (χ2n) is 7.04. The Morgan fingerprint density at radius 1 is 1.00 bits per heavy atom. The molecular formula is C22H29N3O2. The van der Waals surface area contributed by atoms with E-state index in [0.717, 1.165) is 44.0 Å². The van der Waals surface area contributed by atoms with E-state index in [-0.39, 0.29) is 11.9 Å². The van der Waals surface area contributed by atoms with Crippen LogP contribution in [-0.2, 0) is 17.9 Å². The fourth-order valence-electron chi connectivity index (χ4n) is 3.34. The van der Waals surface area contributed by atoms with E-state index in [9.17, 15) is 4.79 Å². The summed E-state index contributed by atoms with van der Waals surface area (Å²) in [7, 11) is 1.66. The summed E-state index contributed by atoms with van der Waals surface area (Å²) in [6.07, 6.45) is 0. The average Bonchev–Trinajstić information content (AvgIpc) is 2.73. The van der Waals surface area contributed by atoms with Gasteiger partial charge in [0.2, 0.25) is 5.91 Å². The highest BCUT2D eigenvalue weighted by Gasteiger charge is 2.24. The van der Waals surface area contributed by atoms with E-state index in [4.69, 9.17) is 4.74 Å². The summed E-state index contributed by atoms with van der Waals surface area (Å²) in [5, 5.41) is 3.34. The first-order valence-corrected chi connectivity index (χ1v) is 9.57. The van der Waals surface area contributed by atoms with E-state index < -0.39 is 0 Å². The maximum absolute atomic E-state index is 12.7. The molecule has 0 saturated carbocycles. The molecule has 1 heterocycles. The molecule has 144 valence electrons. The number of nitrogens with one attached hydrogen (secondary N) is 1. The van der Waals surface area contributed by atoms with Gasteiger partial charge in [-0.1, -0.05) is 42.5 Å². The standard InChI is InChI=1S/C22H29N3O2/c1-18(23-16-19-8-10-21(27-2)11-9-19)22(26)25-14-12-24(13-15-25)17-20-6-4-3-5-7-20/h3-11,18,23H,12-17H2,1-2H3. The molecule has 2 aromatic carbocycles. The Morgan fingerprint density at radius 2 is 1.67 bits per heavy atom. The lowest BCUT2D eigenvalue weighted by molar-refractivity contribution is -0.134. The number of ether oxygens (including phenoxy) is 1. The maximum atomic E-state index is 12.7. The number of amides is 1. The summed E-state index contributed by atoms with van der Waals surface area (Å²) in [5.41, 5.74) is 2.47. The molecule has 27 heavy (non-hydrogen) atoms. The van der Waals surface area contributed by atoms with Gasteiger partial charge >= 0.3 is 0 Å². The number of piperazine rings is 1. The molecular weight excluding hydrogens is 338 g/mol. The van der Waals surface area contributed by atoms with Crippen LogP contribution in [0.3, 0.4) is 0 Å². The molecule has 1 saturated heterocycles. The first-order chi connectivity index (χ1) is 13.2. The number of hydrogen-bond donors (Lipinski definition) is 1. The number of benzene rings is 2. The molecule has 1 unspecified atom stereocenters. The molecule has 5 heteroatoms. The quantitative estimate of drug-likeness (QED) is 0.817. The van der Waals surface area contributed by atoms with E-state index >= 15 is 0 Å². The summed E-state index contributed by atoms with van der Waals surface area (Å²) in [6.45, 7) is 7.00. The number of carbonyl (C=O) groups excluding carboxylic acids is 1. The Kier molecular flexibility index (Phi) is 6.85. The Hall–Kier alpha value is -2.37. The van der Waals surface area contributed by atoms with Gasteiger partial charge in [0.1, 0.15) is 5.75 Å². The zero-order valence-electron chi connectivity index (χ0n) is 16.2. The molecule has 5 nitrogen and oxygen atoms in total. The van der Waals surface area contributed by atoms with Crippen molar-refractivity contribution >= 4 is 5.91 Å². The molecule has 3 rings (SSSR count). The largest absolute Gasteiger partial charge is 0.497 e. The van der Waals surface area contributed by atoms with Crippen LogP contribution in [0.25, 0.3) is 0 Å². The van der Waals surface area contributed by atoms with Crippen molar-refractivity contribution in [2.24, 2.45) is 0 Å². The van der Waals surface area contributed by atoms with E-state index in [0.29, 0.717) is 6.54 Å². The minimum Gasteiger partial charge on any atom is -0.497 e. The van der Waals surface area contributed by atoms with Gasteiger partial charge in [-0.25, -0.2) is 0 Å². The first-order valence-electron chi connectivity index (χ1n) is 9.57. The minimum absolute atomic E-state index is 0.183. The molecule has 1 atom stereocenters. The molecule has 2 aromatic rings. The zero-order chi connectivity index (χ0) is 19.1. The van der Waals surface area contributed by atoms with Crippen LogP contribution in [0.1, 0.15) is 18.1 Å². The fourth-order valence-corrected chi connectivity index (χ4v) is 3.34. The van der Waals surface area contributed by atoms with Crippen LogP contribution in [0, 0.1) is 0 Å². The lowest BCUT2D eigenvalue weighted by Crippen LogP contribution is -2.53. The Morgan fingerprint density at radius 3 is 2.30 bits per heavy atom. The van der Waals surface area contributed by atoms with Crippen molar-refractivity contribution in [1.29, 1.82) is 0 Å². The van der Waals surface area contributed by atoms with Gasteiger partial charge < -0.3 is 15.0 Å². The predicted octanol–water partition coefficient (Wildman–Crippen LogP) is 2.52. The number of rotatable bonds is 7. The highest BCUT2D eigenvalue weighted by atomic mass is 16.5. The molecule has 1 aliphatic heterocycles. The number of methoxy groups -OCH3 is 1. The molecule has 1 aliphatic rings. The Bertz CT molecular complexity index is 710. The van der Waals surface area contributed by atoms with Gasteiger partial charge in [-0.2, -0.15) is 0 Å². The van der Waals surface area contributed by atoms with Gasteiger partial charge in [0, 0.05) is 39.3 Å². The van der Waals surface area contributed by atoms with Crippen LogP contribution < -0.4 is 10.1 Å². The van der Waals surface area contributed by atoms with Crippen molar-refractivity contribution < 1.29 is 9.53 Å². The van der Waals surface area contributed by atoms with Crippen molar-refractivity contribution in [3.8, 4) is 5.75 Å². The predicted molar refractivity (Wildman–Crippen MR) is 108 cm³/mol. The van der Waals surface area contributed by atoms with Crippen LogP contribution in [0.15, 0.2) is 54.6 Å². The third kappa shape index (κ3) is 5.55. The van der Waals surface area contributed by atoms with E-state index in [2.05, 4.69) is 34.5 Å². The topological polar surface area (TPSA) is 44.8 Å². The molecule has 1 N–H and O–H groups in total. The van der Waals surface area contributed by atoms with Crippen molar-refractivity contribution in [3.63, 3.8) is 0 Å². The second-order valence-corrected chi connectivity index (χ2v) is 7.04. The number of carbonyl (C=O) groups is 1. The first kappa shape index (κ1) is 19.4. The van der Waals surface area contributed by atoms with Gasteiger partial charge in [0.15, 0.2) is 0 Å². The smallest absolute Gasteiger partial charge is 0.239 e. The fraction of sp³-hybridized carbons (Fsp3) is 0.409. The average molecular weight is 367 g/mol. The highest BCUT2D eigenvalue weighted by Crippen LogP contribution is 2.12. The van der Waals surface area contributed by atoms with Crippen molar-refractivity contribution in [1.82, 2.24) is 15.1 Å². The number of nitrogens with zero attached hydrogens (tertiary/aromatic N) is 2. The van der Waals surface area contributed by atoms with E-state index in [1.54, 1.807) is 7.11 Å². The molecule has 1 amide bonds. The van der Waals surface area contributed by atoms with Crippen LogP contribution in [-0.4, -0.2) is 55.0 Å². The maximum Gasteiger partial charge on any atom is 0.239 e. The molecule has 0 spiro atoms. The van der Waals surface area contributed by atoms with Crippen molar-refractivity contribution in [2.45, 2.75) is 26.1 Å². The van der Waals surface area contributed by atoms with Gasteiger partial charge in [-0.05, 0) is 30.2 Å². The summed E-state index contributed by atoms with van der Waals surface area (Å²) < 4.78 is 5.17. The van der Waals surface area contributed by atoms with Crippen LogP contribution >= 0.6 is 0 Å². The van der Waals surface area contributed by atoms with Gasteiger partial charge in [-0.3, -0.25) is 9.69 Å². The Balaban J connectivity index is 1.42. The molecule has 0 aliphatic carbocycles. The molecule has 0 aromatic heterocycles.